The summed E-state index contributed by atoms with van der Waals surface area (Å²) in [4.78, 5) is 18.9. The molecule has 2 aromatic heterocycles. The summed E-state index contributed by atoms with van der Waals surface area (Å²) in [5, 5.41) is 3.02. The first-order valence-electron chi connectivity index (χ1n) is 6.91. The fourth-order valence-electron chi connectivity index (χ4n) is 2.97. The molecule has 1 aliphatic heterocycles. The van der Waals surface area contributed by atoms with Gasteiger partial charge in [0.25, 0.3) is 0 Å². The van der Waals surface area contributed by atoms with E-state index in [1.807, 2.05) is 7.05 Å². The van der Waals surface area contributed by atoms with Gasteiger partial charge in [0, 0.05) is 19.1 Å². The Bertz CT molecular complexity index is 578. The number of H-pyrrole nitrogens is 1. The van der Waals surface area contributed by atoms with Gasteiger partial charge in [0.15, 0.2) is 11.5 Å². The van der Waals surface area contributed by atoms with E-state index in [0.29, 0.717) is 18.0 Å². The van der Waals surface area contributed by atoms with Crippen molar-refractivity contribution in [1.82, 2.24) is 19.9 Å². The molecule has 0 amide bonds. The Kier molecular flexibility index (Phi) is 3.00. The highest BCUT2D eigenvalue weighted by Gasteiger charge is 2.32. The van der Waals surface area contributed by atoms with Crippen molar-refractivity contribution in [2.24, 2.45) is 0 Å². The number of aromatic amines is 1. The van der Waals surface area contributed by atoms with Crippen LogP contribution in [0, 0.1) is 0 Å². The Hall–Kier alpha value is -1.85. The van der Waals surface area contributed by atoms with E-state index in [1.165, 1.54) is 12.8 Å². The molecule has 0 aromatic carbocycles. The molecule has 6 nitrogen and oxygen atoms in total. The highest BCUT2D eigenvalue weighted by Crippen LogP contribution is 2.34. The normalized spacial score (nSPS) is 23.2. The van der Waals surface area contributed by atoms with Crippen LogP contribution in [0.15, 0.2) is 6.33 Å². The monoisotopic (exact) mass is 260 g/mol. The highest BCUT2D eigenvalue weighted by atomic mass is 15.3. The Balaban J connectivity index is 2.14. The van der Waals surface area contributed by atoms with Gasteiger partial charge >= 0.3 is 0 Å². The van der Waals surface area contributed by atoms with Crippen LogP contribution in [-0.4, -0.2) is 39.1 Å². The molecule has 2 unspecified atom stereocenters. The van der Waals surface area contributed by atoms with Crippen LogP contribution in [0.2, 0.25) is 0 Å². The maximum Gasteiger partial charge on any atom is 0.226 e. The summed E-state index contributed by atoms with van der Waals surface area (Å²) in [7, 11) is 1.84. The first-order chi connectivity index (χ1) is 9.24. The topological polar surface area (TPSA) is 69.7 Å². The molecule has 19 heavy (non-hydrogen) atoms. The number of nitrogens with zero attached hydrogens (tertiary/aromatic N) is 4. The minimum atomic E-state index is 0.510. The standard InChI is InChI=1S/C13H20N6/c1-4-9-6-5-8(2)19(9)12-10-11(16-7-15-10)17-13(14-3)18-12/h7-9H,4-6H2,1-3H3,(H2,14,15,16,17,18). The number of nitrogens with one attached hydrogen (secondary N) is 2. The van der Waals surface area contributed by atoms with Gasteiger partial charge in [0.05, 0.1) is 6.33 Å². The van der Waals surface area contributed by atoms with Crippen LogP contribution >= 0.6 is 0 Å². The quantitative estimate of drug-likeness (QED) is 0.885. The van der Waals surface area contributed by atoms with Gasteiger partial charge in [-0.15, -0.1) is 0 Å². The molecule has 0 aliphatic carbocycles. The Morgan fingerprint density at radius 2 is 2.26 bits per heavy atom. The van der Waals surface area contributed by atoms with Crippen molar-refractivity contribution in [3.05, 3.63) is 6.33 Å². The van der Waals surface area contributed by atoms with Crippen LogP contribution in [0.3, 0.4) is 0 Å². The van der Waals surface area contributed by atoms with Gasteiger partial charge in [-0.25, -0.2) is 4.98 Å². The number of imidazole rings is 1. The van der Waals surface area contributed by atoms with Crippen molar-refractivity contribution >= 4 is 22.9 Å². The van der Waals surface area contributed by atoms with E-state index < -0.39 is 0 Å². The molecule has 1 fully saturated rings. The third-order valence-electron chi connectivity index (χ3n) is 3.99. The van der Waals surface area contributed by atoms with Crippen molar-refractivity contribution in [1.29, 1.82) is 0 Å². The van der Waals surface area contributed by atoms with Crippen molar-refractivity contribution in [3.8, 4) is 0 Å². The SMILES string of the molecule is CCC1CCC(C)N1c1nc(NC)nc2nc[nH]c12. The fraction of sp³-hybridized carbons (Fsp3) is 0.615. The summed E-state index contributed by atoms with van der Waals surface area (Å²) < 4.78 is 0. The van der Waals surface area contributed by atoms with Gasteiger partial charge in [0.1, 0.15) is 5.52 Å². The zero-order chi connectivity index (χ0) is 13.4. The van der Waals surface area contributed by atoms with Crippen molar-refractivity contribution < 1.29 is 0 Å². The molecule has 102 valence electrons. The lowest BCUT2D eigenvalue weighted by Crippen LogP contribution is -2.35. The van der Waals surface area contributed by atoms with Crippen LogP contribution in [0.25, 0.3) is 11.2 Å². The lowest BCUT2D eigenvalue weighted by Gasteiger charge is -2.29. The Labute approximate surface area is 112 Å². The van der Waals surface area contributed by atoms with E-state index in [1.54, 1.807) is 6.33 Å². The summed E-state index contributed by atoms with van der Waals surface area (Å²) in [6.07, 6.45) is 5.27. The van der Waals surface area contributed by atoms with E-state index in [9.17, 15) is 0 Å². The highest BCUT2D eigenvalue weighted by molar-refractivity contribution is 5.84. The van der Waals surface area contributed by atoms with Crippen LogP contribution < -0.4 is 10.2 Å². The minimum Gasteiger partial charge on any atom is -0.357 e. The molecule has 3 heterocycles. The number of hydrogen-bond acceptors (Lipinski definition) is 5. The number of aromatic nitrogens is 4. The predicted molar refractivity (Wildman–Crippen MR) is 76.5 cm³/mol. The largest absolute Gasteiger partial charge is 0.357 e. The van der Waals surface area contributed by atoms with E-state index in [-0.39, 0.29) is 0 Å². The zero-order valence-electron chi connectivity index (χ0n) is 11.6. The Morgan fingerprint density at radius 3 is 3.00 bits per heavy atom. The molecular weight excluding hydrogens is 240 g/mol. The average molecular weight is 260 g/mol. The summed E-state index contributed by atoms with van der Waals surface area (Å²) in [5.74, 6) is 1.60. The summed E-state index contributed by atoms with van der Waals surface area (Å²) in [5.41, 5.74) is 1.66. The Morgan fingerprint density at radius 1 is 1.42 bits per heavy atom. The number of hydrogen-bond donors (Lipinski definition) is 2. The molecule has 2 aromatic rings. The molecule has 2 atom stereocenters. The second-order valence-electron chi connectivity index (χ2n) is 5.12. The number of rotatable bonds is 3. The predicted octanol–water partition coefficient (Wildman–Crippen LogP) is 2.16. The molecule has 2 N–H and O–H groups in total. The summed E-state index contributed by atoms with van der Waals surface area (Å²) in [6.45, 7) is 4.50. The van der Waals surface area contributed by atoms with E-state index in [0.717, 1.165) is 23.4 Å². The summed E-state index contributed by atoms with van der Waals surface area (Å²) in [6, 6.07) is 1.07. The maximum atomic E-state index is 4.65. The summed E-state index contributed by atoms with van der Waals surface area (Å²) >= 11 is 0. The molecule has 0 spiro atoms. The maximum absolute atomic E-state index is 4.65. The molecular formula is C13H20N6. The van der Waals surface area contributed by atoms with Crippen LogP contribution in [-0.2, 0) is 0 Å². The third-order valence-corrected chi connectivity index (χ3v) is 3.99. The first kappa shape index (κ1) is 12.2. The molecule has 1 aliphatic rings. The second-order valence-corrected chi connectivity index (χ2v) is 5.12. The van der Waals surface area contributed by atoms with Gasteiger partial charge in [-0.1, -0.05) is 6.92 Å². The fourth-order valence-corrected chi connectivity index (χ4v) is 2.97. The van der Waals surface area contributed by atoms with Gasteiger partial charge < -0.3 is 15.2 Å². The average Bonchev–Trinajstić information content (AvgIpc) is 3.03. The van der Waals surface area contributed by atoms with E-state index in [4.69, 9.17) is 0 Å². The zero-order valence-corrected chi connectivity index (χ0v) is 11.6. The smallest absolute Gasteiger partial charge is 0.226 e. The van der Waals surface area contributed by atoms with Crippen molar-refractivity contribution in [2.75, 3.05) is 17.3 Å². The van der Waals surface area contributed by atoms with E-state index >= 15 is 0 Å². The third kappa shape index (κ3) is 1.91. The van der Waals surface area contributed by atoms with Gasteiger partial charge in [-0.05, 0) is 26.2 Å². The minimum absolute atomic E-state index is 0.510. The van der Waals surface area contributed by atoms with Gasteiger partial charge in [-0.2, -0.15) is 9.97 Å². The second kappa shape index (κ2) is 4.68. The van der Waals surface area contributed by atoms with Crippen molar-refractivity contribution in [2.45, 2.75) is 45.2 Å². The molecule has 1 saturated heterocycles. The molecule has 3 rings (SSSR count). The van der Waals surface area contributed by atoms with Gasteiger partial charge in [0.2, 0.25) is 5.95 Å². The van der Waals surface area contributed by atoms with Crippen LogP contribution in [0.1, 0.15) is 33.1 Å². The van der Waals surface area contributed by atoms with Crippen LogP contribution in [0.5, 0.6) is 0 Å². The lowest BCUT2D eigenvalue weighted by atomic mass is 10.1. The van der Waals surface area contributed by atoms with Gasteiger partial charge in [-0.3, -0.25) is 0 Å². The molecule has 0 bridgehead atoms. The molecule has 6 heteroatoms. The molecule has 0 radical (unpaired) electrons. The number of anilines is 2. The number of fused-ring (bicyclic) bond motifs is 1. The van der Waals surface area contributed by atoms with E-state index in [2.05, 4.69) is 44.0 Å². The lowest BCUT2D eigenvalue weighted by molar-refractivity contribution is 0.622. The van der Waals surface area contributed by atoms with Crippen molar-refractivity contribution in [3.63, 3.8) is 0 Å². The first-order valence-corrected chi connectivity index (χ1v) is 6.91. The molecule has 0 saturated carbocycles. The van der Waals surface area contributed by atoms with Crippen LogP contribution in [0.4, 0.5) is 11.8 Å².